The molecule has 0 aromatic carbocycles. The fraction of sp³-hybridized carbons (Fsp3) is 0.765. The molecule has 1 aromatic heterocycles. The first-order valence-corrected chi connectivity index (χ1v) is 8.69. The van der Waals surface area contributed by atoms with Gasteiger partial charge in [0.15, 0.2) is 0 Å². The molecule has 1 heterocycles. The maximum atomic E-state index is 11.5. The predicted molar refractivity (Wildman–Crippen MR) is 92.6 cm³/mol. The number of nitrogens with zero attached hydrogens (tertiary/aromatic N) is 1. The van der Waals surface area contributed by atoms with Crippen molar-refractivity contribution < 1.29 is 0 Å². The highest BCUT2D eigenvalue weighted by Crippen LogP contribution is 2.10. The summed E-state index contributed by atoms with van der Waals surface area (Å²) in [6.45, 7) is 3.04. The number of H-pyrrole nitrogens is 1. The van der Waals surface area contributed by atoms with Crippen LogP contribution in [0, 0.1) is 0 Å². The second-order valence-corrected chi connectivity index (χ2v) is 5.99. The lowest BCUT2D eigenvalue weighted by Crippen LogP contribution is -2.32. The number of aromatic amines is 1. The minimum Gasteiger partial charge on any atom is -0.371 e. The molecule has 22 heavy (non-hydrogen) atoms. The van der Waals surface area contributed by atoms with Gasteiger partial charge in [0.05, 0.1) is 0 Å². The SMILES string of the molecule is CCCCCCCCCCCCNc1cc(=O)n(C)c(=O)[nH]1. The Morgan fingerprint density at radius 2 is 1.50 bits per heavy atom. The lowest BCUT2D eigenvalue weighted by molar-refractivity contribution is 0.559. The van der Waals surface area contributed by atoms with Crippen LogP contribution in [0.3, 0.4) is 0 Å². The van der Waals surface area contributed by atoms with Gasteiger partial charge in [-0.3, -0.25) is 14.3 Å². The molecule has 0 saturated carbocycles. The first-order valence-electron chi connectivity index (χ1n) is 8.69. The number of nitrogens with one attached hydrogen (secondary N) is 2. The maximum absolute atomic E-state index is 11.5. The van der Waals surface area contributed by atoms with Crippen LogP contribution in [-0.2, 0) is 7.05 Å². The van der Waals surface area contributed by atoms with Gasteiger partial charge in [-0.2, -0.15) is 0 Å². The molecular weight excluding hydrogens is 278 g/mol. The van der Waals surface area contributed by atoms with Gasteiger partial charge in [-0.1, -0.05) is 64.7 Å². The minimum absolute atomic E-state index is 0.283. The topological polar surface area (TPSA) is 66.9 Å². The summed E-state index contributed by atoms with van der Waals surface area (Å²) in [6.07, 6.45) is 13.0. The molecule has 0 fully saturated rings. The summed E-state index contributed by atoms with van der Waals surface area (Å²) in [7, 11) is 1.47. The molecule has 0 aliphatic carbocycles. The monoisotopic (exact) mass is 309 g/mol. The van der Waals surface area contributed by atoms with E-state index in [4.69, 9.17) is 0 Å². The molecule has 2 N–H and O–H groups in total. The van der Waals surface area contributed by atoms with Crippen LogP contribution in [0.2, 0.25) is 0 Å². The minimum atomic E-state index is -0.377. The summed E-state index contributed by atoms with van der Waals surface area (Å²) in [6, 6.07) is 1.43. The number of unbranched alkanes of at least 4 members (excludes halogenated alkanes) is 9. The van der Waals surface area contributed by atoms with E-state index in [2.05, 4.69) is 17.2 Å². The molecule has 0 saturated heterocycles. The fourth-order valence-corrected chi connectivity index (χ4v) is 2.49. The third kappa shape index (κ3) is 7.48. The summed E-state index contributed by atoms with van der Waals surface area (Å²) in [5.74, 6) is 0.518. The van der Waals surface area contributed by atoms with Crippen molar-refractivity contribution in [1.82, 2.24) is 9.55 Å². The number of rotatable bonds is 12. The molecular formula is C17H31N3O2. The Bertz CT molecular complexity index is 488. The zero-order valence-electron chi connectivity index (χ0n) is 14.1. The van der Waals surface area contributed by atoms with Crippen molar-refractivity contribution in [3.63, 3.8) is 0 Å². The Morgan fingerprint density at radius 3 is 2.05 bits per heavy atom. The van der Waals surface area contributed by atoms with Crippen molar-refractivity contribution in [3.05, 3.63) is 26.9 Å². The van der Waals surface area contributed by atoms with Gasteiger partial charge < -0.3 is 5.32 Å². The van der Waals surface area contributed by atoms with Gasteiger partial charge in [0.1, 0.15) is 5.82 Å². The molecule has 0 radical (unpaired) electrons. The van der Waals surface area contributed by atoms with Gasteiger partial charge in [-0.25, -0.2) is 4.79 Å². The van der Waals surface area contributed by atoms with Gasteiger partial charge in [-0.05, 0) is 6.42 Å². The van der Waals surface area contributed by atoms with Crippen molar-refractivity contribution in [3.8, 4) is 0 Å². The second-order valence-electron chi connectivity index (χ2n) is 5.99. The largest absolute Gasteiger partial charge is 0.371 e. The van der Waals surface area contributed by atoms with Crippen molar-refractivity contribution in [1.29, 1.82) is 0 Å². The van der Waals surface area contributed by atoms with E-state index in [-0.39, 0.29) is 11.2 Å². The van der Waals surface area contributed by atoms with Crippen LogP contribution >= 0.6 is 0 Å². The zero-order chi connectivity index (χ0) is 16.2. The number of hydrogen-bond acceptors (Lipinski definition) is 3. The average molecular weight is 309 g/mol. The summed E-state index contributed by atoms with van der Waals surface area (Å²) >= 11 is 0. The first kappa shape index (κ1) is 18.5. The molecule has 0 aliphatic heterocycles. The van der Waals surface area contributed by atoms with Crippen molar-refractivity contribution in [2.45, 2.75) is 71.1 Å². The van der Waals surface area contributed by atoms with E-state index in [1.54, 1.807) is 0 Å². The van der Waals surface area contributed by atoms with E-state index in [1.165, 1.54) is 70.9 Å². The molecule has 126 valence electrons. The Kier molecular flexibility index (Phi) is 9.35. The van der Waals surface area contributed by atoms with Gasteiger partial charge in [-0.15, -0.1) is 0 Å². The second kappa shape index (κ2) is 11.1. The standard InChI is InChI=1S/C17H31N3O2/c1-3-4-5-6-7-8-9-10-11-12-13-18-15-14-16(21)20(2)17(22)19-15/h14,18H,3-13H2,1-2H3,(H,19,22). The number of aromatic nitrogens is 2. The van der Waals surface area contributed by atoms with Crippen molar-refractivity contribution >= 4 is 5.82 Å². The van der Waals surface area contributed by atoms with Crippen molar-refractivity contribution in [2.24, 2.45) is 7.05 Å². The molecule has 0 amide bonds. The van der Waals surface area contributed by atoms with Crippen LogP contribution < -0.4 is 16.6 Å². The van der Waals surface area contributed by atoms with Crippen LogP contribution in [0.1, 0.15) is 71.1 Å². The Labute approximate surface area is 133 Å². The molecule has 0 atom stereocenters. The fourth-order valence-electron chi connectivity index (χ4n) is 2.49. The molecule has 5 heteroatoms. The van der Waals surface area contributed by atoms with Gasteiger partial charge >= 0.3 is 5.69 Å². The van der Waals surface area contributed by atoms with E-state index < -0.39 is 0 Å². The van der Waals surface area contributed by atoms with Crippen LogP contribution in [0.25, 0.3) is 0 Å². The molecule has 0 spiro atoms. The third-order valence-electron chi connectivity index (χ3n) is 3.99. The average Bonchev–Trinajstić information content (AvgIpc) is 2.50. The smallest absolute Gasteiger partial charge is 0.329 e. The van der Waals surface area contributed by atoms with E-state index >= 15 is 0 Å². The lowest BCUT2D eigenvalue weighted by Gasteiger charge is -2.06. The molecule has 5 nitrogen and oxygen atoms in total. The van der Waals surface area contributed by atoms with Crippen LogP contribution in [0.4, 0.5) is 5.82 Å². The van der Waals surface area contributed by atoms with Gasteiger partial charge in [0.25, 0.3) is 5.56 Å². The van der Waals surface area contributed by atoms with Gasteiger partial charge in [0, 0.05) is 19.7 Å². The Morgan fingerprint density at radius 1 is 0.955 bits per heavy atom. The van der Waals surface area contributed by atoms with E-state index in [0.717, 1.165) is 17.5 Å². The summed E-state index contributed by atoms with van der Waals surface area (Å²) in [4.78, 5) is 25.5. The third-order valence-corrected chi connectivity index (χ3v) is 3.99. The Hall–Kier alpha value is -1.52. The highest BCUT2D eigenvalue weighted by Gasteiger charge is 1.99. The summed E-state index contributed by atoms with van der Waals surface area (Å²) in [5.41, 5.74) is -0.660. The summed E-state index contributed by atoms with van der Waals surface area (Å²) < 4.78 is 1.06. The molecule has 1 aromatic rings. The number of anilines is 1. The first-order chi connectivity index (χ1) is 10.6. The summed E-state index contributed by atoms with van der Waals surface area (Å²) in [5, 5.41) is 3.11. The van der Waals surface area contributed by atoms with E-state index in [9.17, 15) is 9.59 Å². The van der Waals surface area contributed by atoms with E-state index in [0.29, 0.717) is 5.82 Å². The quantitative estimate of drug-likeness (QED) is 0.581. The number of hydrogen-bond donors (Lipinski definition) is 2. The molecule has 0 unspecified atom stereocenters. The van der Waals surface area contributed by atoms with Crippen molar-refractivity contribution in [2.75, 3.05) is 11.9 Å². The predicted octanol–water partition coefficient (Wildman–Crippen LogP) is 3.41. The normalized spacial score (nSPS) is 10.8. The van der Waals surface area contributed by atoms with Crippen LogP contribution in [-0.4, -0.2) is 16.1 Å². The highest BCUT2D eigenvalue weighted by atomic mass is 16.2. The zero-order valence-corrected chi connectivity index (χ0v) is 14.1. The van der Waals surface area contributed by atoms with Crippen LogP contribution in [0.5, 0.6) is 0 Å². The molecule has 0 bridgehead atoms. The molecule has 1 rings (SSSR count). The maximum Gasteiger partial charge on any atom is 0.329 e. The van der Waals surface area contributed by atoms with E-state index in [1.807, 2.05) is 0 Å². The van der Waals surface area contributed by atoms with Crippen LogP contribution in [0.15, 0.2) is 15.7 Å². The molecule has 0 aliphatic rings. The van der Waals surface area contributed by atoms with Gasteiger partial charge in [0.2, 0.25) is 0 Å². The lowest BCUT2D eigenvalue weighted by atomic mass is 10.1. The Balaban J connectivity index is 2.02. The highest BCUT2D eigenvalue weighted by molar-refractivity contribution is 5.31.